The lowest BCUT2D eigenvalue weighted by Gasteiger charge is -2.10. The van der Waals surface area contributed by atoms with Gasteiger partial charge < -0.3 is 19.9 Å². The number of nitrogens with zero attached hydrogens (tertiary/aromatic N) is 3. The molecule has 0 saturated carbocycles. The van der Waals surface area contributed by atoms with Crippen LogP contribution in [-0.4, -0.2) is 44.4 Å². The smallest absolute Gasteiger partial charge is 0.338 e. The minimum Gasteiger partial charge on any atom is -0.459 e. The van der Waals surface area contributed by atoms with Crippen LogP contribution in [0.1, 0.15) is 47.3 Å². The zero-order chi connectivity index (χ0) is 24.5. The highest BCUT2D eigenvalue weighted by Crippen LogP contribution is 2.18. The minimum atomic E-state index is -0.441. The summed E-state index contributed by atoms with van der Waals surface area (Å²) < 4.78 is 7.04. The second kappa shape index (κ2) is 12.0. The molecule has 0 saturated heterocycles. The molecule has 9 nitrogen and oxygen atoms in total. The third-order valence-corrected chi connectivity index (χ3v) is 5.58. The number of ether oxygens (including phenoxy) is 1. The van der Waals surface area contributed by atoms with Crippen LogP contribution in [0.25, 0.3) is 0 Å². The molecule has 0 aliphatic rings. The van der Waals surface area contributed by atoms with Crippen molar-refractivity contribution in [2.45, 2.75) is 45.1 Å². The Bertz CT molecular complexity index is 1150. The molecule has 0 unspecified atom stereocenters. The van der Waals surface area contributed by atoms with E-state index in [0.717, 1.165) is 0 Å². The van der Waals surface area contributed by atoms with Crippen molar-refractivity contribution in [3.05, 3.63) is 71.5 Å². The van der Waals surface area contributed by atoms with E-state index in [1.165, 1.54) is 11.8 Å². The van der Waals surface area contributed by atoms with Crippen LogP contribution in [-0.2, 0) is 22.6 Å². The Labute approximate surface area is 202 Å². The molecular formula is C24H27N5O4S. The van der Waals surface area contributed by atoms with E-state index in [-0.39, 0.29) is 30.2 Å². The Hall–Kier alpha value is -3.66. The van der Waals surface area contributed by atoms with Crippen LogP contribution < -0.4 is 10.6 Å². The summed E-state index contributed by atoms with van der Waals surface area (Å²) in [4.78, 5) is 36.8. The fourth-order valence-electron chi connectivity index (χ4n) is 3.06. The van der Waals surface area contributed by atoms with Crippen LogP contribution in [0.15, 0.2) is 59.8 Å². The molecule has 0 aliphatic heterocycles. The third kappa shape index (κ3) is 6.92. The molecule has 2 N–H and O–H groups in total. The molecule has 2 amide bonds. The van der Waals surface area contributed by atoms with Crippen molar-refractivity contribution in [1.82, 2.24) is 20.1 Å². The number of benzene rings is 2. The fraction of sp³-hybridized carbons (Fsp3) is 0.292. The Kier molecular flexibility index (Phi) is 8.80. The Morgan fingerprint density at radius 2 is 1.76 bits per heavy atom. The van der Waals surface area contributed by atoms with E-state index in [1.54, 1.807) is 62.4 Å². The highest BCUT2D eigenvalue weighted by atomic mass is 32.2. The van der Waals surface area contributed by atoms with Gasteiger partial charge in [0.1, 0.15) is 0 Å². The van der Waals surface area contributed by atoms with Crippen LogP contribution in [0, 0.1) is 0 Å². The molecule has 0 spiro atoms. The van der Waals surface area contributed by atoms with Gasteiger partial charge in [-0.15, -0.1) is 10.2 Å². The standard InChI is InChI=1S/C24H27N5O4S/c1-4-29-20(14-25-22(31)17-9-6-5-7-10-17)27-28-24(29)34-15-21(30)26-19-12-8-11-18(13-19)23(32)33-16(2)3/h5-13,16H,4,14-15H2,1-3H3,(H,25,31)(H,26,30). The Morgan fingerprint density at radius 3 is 2.47 bits per heavy atom. The number of hydrogen-bond acceptors (Lipinski definition) is 7. The van der Waals surface area contributed by atoms with Crippen LogP contribution >= 0.6 is 11.8 Å². The van der Waals surface area contributed by atoms with Gasteiger partial charge in [0.25, 0.3) is 5.91 Å². The van der Waals surface area contributed by atoms with Gasteiger partial charge in [-0.3, -0.25) is 9.59 Å². The number of nitrogens with one attached hydrogen (secondary N) is 2. The average molecular weight is 482 g/mol. The summed E-state index contributed by atoms with van der Waals surface area (Å²) in [5.41, 5.74) is 1.44. The lowest BCUT2D eigenvalue weighted by molar-refractivity contribution is -0.113. The lowest BCUT2D eigenvalue weighted by Crippen LogP contribution is -2.24. The number of amides is 2. The number of anilines is 1. The van der Waals surface area contributed by atoms with Gasteiger partial charge in [-0.2, -0.15) is 0 Å². The second-order valence-corrected chi connectivity index (χ2v) is 8.51. The third-order valence-electron chi connectivity index (χ3n) is 4.61. The summed E-state index contributed by atoms with van der Waals surface area (Å²) in [5.74, 6) is -0.174. The Morgan fingerprint density at radius 1 is 1.03 bits per heavy atom. The molecule has 1 aromatic heterocycles. The first-order chi connectivity index (χ1) is 16.4. The minimum absolute atomic E-state index is 0.106. The zero-order valence-electron chi connectivity index (χ0n) is 19.3. The largest absolute Gasteiger partial charge is 0.459 e. The van der Waals surface area contributed by atoms with Gasteiger partial charge >= 0.3 is 5.97 Å². The average Bonchev–Trinajstić information content (AvgIpc) is 3.23. The van der Waals surface area contributed by atoms with E-state index in [4.69, 9.17) is 4.74 Å². The van der Waals surface area contributed by atoms with E-state index in [1.807, 2.05) is 17.6 Å². The summed E-state index contributed by atoms with van der Waals surface area (Å²) >= 11 is 1.24. The van der Waals surface area contributed by atoms with Crippen molar-refractivity contribution < 1.29 is 19.1 Å². The fourth-order valence-corrected chi connectivity index (χ4v) is 3.88. The molecule has 10 heteroatoms. The number of aromatic nitrogens is 3. The summed E-state index contributed by atoms with van der Waals surface area (Å²) in [6, 6.07) is 15.5. The number of hydrogen-bond donors (Lipinski definition) is 2. The van der Waals surface area contributed by atoms with Crippen molar-refractivity contribution in [3.63, 3.8) is 0 Å². The second-order valence-electron chi connectivity index (χ2n) is 7.56. The normalized spacial score (nSPS) is 10.7. The SMILES string of the molecule is CCn1c(CNC(=O)c2ccccc2)nnc1SCC(=O)Nc1cccc(C(=O)OC(C)C)c1. The van der Waals surface area contributed by atoms with E-state index in [9.17, 15) is 14.4 Å². The molecular weight excluding hydrogens is 454 g/mol. The first-order valence-electron chi connectivity index (χ1n) is 10.9. The van der Waals surface area contributed by atoms with Crippen molar-refractivity contribution >= 4 is 35.2 Å². The number of carbonyl (C=O) groups excluding carboxylic acids is 3. The summed E-state index contributed by atoms with van der Waals surface area (Å²) in [6.07, 6.45) is -0.227. The van der Waals surface area contributed by atoms with Crippen LogP contribution in [0.3, 0.4) is 0 Å². The number of esters is 1. The van der Waals surface area contributed by atoms with E-state index in [0.29, 0.717) is 34.3 Å². The van der Waals surface area contributed by atoms with E-state index in [2.05, 4.69) is 20.8 Å². The van der Waals surface area contributed by atoms with Crippen molar-refractivity contribution in [3.8, 4) is 0 Å². The highest BCUT2D eigenvalue weighted by molar-refractivity contribution is 7.99. The topological polar surface area (TPSA) is 115 Å². The molecule has 3 aromatic rings. The number of thioether (sulfide) groups is 1. The molecule has 0 fully saturated rings. The summed E-state index contributed by atoms with van der Waals surface area (Å²) in [6.45, 7) is 6.31. The molecule has 3 rings (SSSR count). The van der Waals surface area contributed by atoms with E-state index >= 15 is 0 Å². The zero-order valence-corrected chi connectivity index (χ0v) is 20.1. The quantitative estimate of drug-likeness (QED) is 0.336. The van der Waals surface area contributed by atoms with E-state index < -0.39 is 5.97 Å². The van der Waals surface area contributed by atoms with Crippen LogP contribution in [0.5, 0.6) is 0 Å². The van der Waals surface area contributed by atoms with Crippen molar-refractivity contribution in [1.29, 1.82) is 0 Å². The van der Waals surface area contributed by atoms with Gasteiger partial charge in [0.15, 0.2) is 11.0 Å². The summed E-state index contributed by atoms with van der Waals surface area (Å²) in [5, 5.41) is 14.5. The molecule has 0 radical (unpaired) electrons. The van der Waals surface area contributed by atoms with Gasteiger partial charge in [-0.1, -0.05) is 36.0 Å². The molecule has 0 bridgehead atoms. The predicted octanol–water partition coefficient (Wildman–Crippen LogP) is 3.52. The highest BCUT2D eigenvalue weighted by Gasteiger charge is 2.15. The maximum Gasteiger partial charge on any atom is 0.338 e. The van der Waals surface area contributed by atoms with Gasteiger partial charge in [-0.05, 0) is 51.1 Å². The first-order valence-corrected chi connectivity index (χ1v) is 11.8. The monoisotopic (exact) mass is 481 g/mol. The molecule has 0 atom stereocenters. The lowest BCUT2D eigenvalue weighted by atomic mass is 10.2. The van der Waals surface area contributed by atoms with Crippen LogP contribution in [0.2, 0.25) is 0 Å². The van der Waals surface area contributed by atoms with Gasteiger partial charge in [0.2, 0.25) is 5.91 Å². The number of carbonyl (C=O) groups is 3. The molecule has 178 valence electrons. The van der Waals surface area contributed by atoms with Gasteiger partial charge in [0, 0.05) is 17.8 Å². The van der Waals surface area contributed by atoms with Gasteiger partial charge in [0.05, 0.1) is 24.0 Å². The maximum atomic E-state index is 12.5. The predicted molar refractivity (Wildman–Crippen MR) is 130 cm³/mol. The Balaban J connectivity index is 1.55. The number of rotatable bonds is 10. The van der Waals surface area contributed by atoms with Crippen LogP contribution in [0.4, 0.5) is 5.69 Å². The van der Waals surface area contributed by atoms with Gasteiger partial charge in [-0.25, -0.2) is 4.79 Å². The van der Waals surface area contributed by atoms with Crippen molar-refractivity contribution in [2.75, 3.05) is 11.1 Å². The summed E-state index contributed by atoms with van der Waals surface area (Å²) in [7, 11) is 0. The molecule has 0 aliphatic carbocycles. The first kappa shape index (κ1) is 25.0. The molecule has 2 aromatic carbocycles. The van der Waals surface area contributed by atoms with Crippen molar-refractivity contribution in [2.24, 2.45) is 0 Å². The molecule has 1 heterocycles. The molecule has 34 heavy (non-hydrogen) atoms. The maximum absolute atomic E-state index is 12.5.